The monoisotopic (exact) mass is 165 g/mol. The van der Waals surface area contributed by atoms with E-state index in [1.54, 1.807) is 6.92 Å². The highest BCUT2D eigenvalue weighted by Crippen LogP contribution is 2.18. The lowest BCUT2D eigenvalue weighted by Crippen LogP contribution is -2.47. The van der Waals surface area contributed by atoms with E-state index in [0.29, 0.717) is 6.42 Å². The molecule has 67 valence electrons. The maximum atomic E-state index is 8.91. The molecule has 0 aliphatic heterocycles. The van der Waals surface area contributed by atoms with Crippen LogP contribution in [0.25, 0.3) is 0 Å². The maximum Gasteiger partial charge on any atom is 0.282 e. The van der Waals surface area contributed by atoms with Crippen molar-refractivity contribution in [3.63, 3.8) is 0 Å². The van der Waals surface area contributed by atoms with Crippen LogP contribution in [0.5, 0.6) is 0 Å². The highest BCUT2D eigenvalue weighted by molar-refractivity contribution is 4.87. The van der Waals surface area contributed by atoms with Gasteiger partial charge >= 0.3 is 0 Å². The summed E-state index contributed by atoms with van der Waals surface area (Å²) >= 11 is 0. The second-order valence-electron chi connectivity index (χ2n) is 2.35. The van der Waals surface area contributed by atoms with E-state index in [4.69, 9.17) is 25.5 Å². The van der Waals surface area contributed by atoms with Crippen LogP contribution in [0.1, 0.15) is 19.8 Å². The summed E-state index contributed by atoms with van der Waals surface area (Å²) in [6, 6.07) is 0. The van der Waals surface area contributed by atoms with Gasteiger partial charge in [-0.2, -0.15) is 0 Å². The highest BCUT2D eigenvalue weighted by atomic mass is 16.6. The highest BCUT2D eigenvalue weighted by Gasteiger charge is 2.41. The average Bonchev–Trinajstić information content (AvgIpc) is 1.88. The van der Waals surface area contributed by atoms with E-state index in [0.717, 1.165) is 0 Å². The van der Waals surface area contributed by atoms with Gasteiger partial charge in [-0.1, -0.05) is 13.3 Å². The first-order valence-corrected chi connectivity index (χ1v) is 3.31. The molecule has 5 heteroatoms. The molecule has 0 aliphatic carbocycles. The van der Waals surface area contributed by atoms with Gasteiger partial charge in [-0.05, 0) is 6.42 Å². The van der Waals surface area contributed by atoms with Crippen LogP contribution in [0.2, 0.25) is 0 Å². The topological polar surface area (TPSA) is 101 Å². The Hall–Kier alpha value is -0.200. The average molecular weight is 165 g/mol. The van der Waals surface area contributed by atoms with Crippen molar-refractivity contribution in [1.29, 1.82) is 0 Å². The number of hydrogen-bond donors (Lipinski definition) is 5. The first-order chi connectivity index (χ1) is 4.92. The molecule has 0 aliphatic rings. The van der Waals surface area contributed by atoms with E-state index in [9.17, 15) is 0 Å². The van der Waals surface area contributed by atoms with Crippen LogP contribution in [-0.4, -0.2) is 37.4 Å². The number of rotatable bonds is 4. The molecule has 0 spiro atoms. The summed E-state index contributed by atoms with van der Waals surface area (Å²) in [6.45, 7) is 1.72. The Bertz CT molecular complexity index is 112. The Balaban J connectivity index is 4.05. The van der Waals surface area contributed by atoms with Crippen molar-refractivity contribution >= 4 is 0 Å². The molecular weight excluding hydrogens is 152 g/mol. The first kappa shape index (κ1) is 10.8. The van der Waals surface area contributed by atoms with Crippen molar-refractivity contribution in [3.05, 3.63) is 6.29 Å². The minimum absolute atomic E-state index is 0.0810. The van der Waals surface area contributed by atoms with Crippen LogP contribution in [0.4, 0.5) is 0 Å². The predicted octanol–water partition coefficient (Wildman–Crippen LogP) is -0.937. The van der Waals surface area contributed by atoms with Crippen LogP contribution >= 0.6 is 0 Å². The van der Waals surface area contributed by atoms with Gasteiger partial charge in [-0.15, -0.1) is 0 Å². The third-order valence-electron chi connectivity index (χ3n) is 1.36. The fraction of sp³-hybridized carbons (Fsp3) is 0.833. The van der Waals surface area contributed by atoms with Crippen LogP contribution in [0.15, 0.2) is 0 Å². The molecule has 0 fully saturated rings. The Morgan fingerprint density at radius 1 is 1.36 bits per heavy atom. The van der Waals surface area contributed by atoms with E-state index in [1.807, 2.05) is 0 Å². The summed E-state index contributed by atoms with van der Waals surface area (Å²) in [7, 11) is 0. The Morgan fingerprint density at radius 2 is 1.82 bits per heavy atom. The van der Waals surface area contributed by atoms with Gasteiger partial charge in [-0.3, -0.25) is 0 Å². The third kappa shape index (κ3) is 2.72. The van der Waals surface area contributed by atoms with Crippen molar-refractivity contribution in [2.24, 2.45) is 0 Å². The molecule has 1 atom stereocenters. The smallest absolute Gasteiger partial charge is 0.282 e. The fourth-order valence-corrected chi connectivity index (χ4v) is 0.624. The van der Waals surface area contributed by atoms with Gasteiger partial charge in [0.1, 0.15) is 6.10 Å². The predicted molar refractivity (Wildman–Crippen MR) is 35.2 cm³/mol. The molecule has 0 saturated carbocycles. The van der Waals surface area contributed by atoms with Crippen LogP contribution < -0.4 is 0 Å². The molecule has 0 heterocycles. The Kier molecular flexibility index (Phi) is 3.91. The van der Waals surface area contributed by atoms with E-state index >= 15 is 0 Å². The van der Waals surface area contributed by atoms with Gasteiger partial charge in [0.05, 0.1) is 0 Å². The molecule has 0 aromatic carbocycles. The lowest BCUT2D eigenvalue weighted by molar-refractivity contribution is -0.274. The largest absolute Gasteiger partial charge is 0.387 e. The lowest BCUT2D eigenvalue weighted by atomic mass is 10.1. The summed E-state index contributed by atoms with van der Waals surface area (Å²) in [4.78, 5) is 0. The number of hydrogen-bond acceptors (Lipinski definition) is 5. The van der Waals surface area contributed by atoms with E-state index in [1.165, 1.54) is 0 Å². The Morgan fingerprint density at radius 3 is 2.09 bits per heavy atom. The summed E-state index contributed by atoms with van der Waals surface area (Å²) < 4.78 is 0. The zero-order valence-corrected chi connectivity index (χ0v) is 6.23. The van der Waals surface area contributed by atoms with Crippen molar-refractivity contribution in [1.82, 2.24) is 0 Å². The van der Waals surface area contributed by atoms with Gasteiger partial charge in [0.25, 0.3) is 12.1 Å². The summed E-state index contributed by atoms with van der Waals surface area (Å²) in [5.41, 5.74) is 0. The fourth-order valence-electron chi connectivity index (χ4n) is 0.624. The zero-order chi connectivity index (χ0) is 9.07. The quantitative estimate of drug-likeness (QED) is 0.346. The molecule has 0 saturated heterocycles. The minimum atomic E-state index is -2.91. The summed E-state index contributed by atoms with van der Waals surface area (Å²) in [5.74, 6) is -2.91. The zero-order valence-electron chi connectivity index (χ0n) is 6.23. The van der Waals surface area contributed by atoms with Gasteiger partial charge < -0.3 is 25.5 Å². The standard InChI is InChI=1S/C6H13O5/c1-2-3-4(7)6(10,11)5(8)9/h4,7-11H,2-3H2,1H3. The molecule has 0 amide bonds. The lowest BCUT2D eigenvalue weighted by Gasteiger charge is -2.26. The molecule has 0 aromatic rings. The molecule has 11 heavy (non-hydrogen) atoms. The molecule has 1 unspecified atom stereocenters. The van der Waals surface area contributed by atoms with Crippen molar-refractivity contribution in [2.75, 3.05) is 0 Å². The SMILES string of the molecule is CCCC(O)C(O)(O)[C](O)O. The van der Waals surface area contributed by atoms with Gasteiger partial charge in [0.2, 0.25) is 0 Å². The summed E-state index contributed by atoms with van der Waals surface area (Å²) in [5, 5.41) is 43.0. The first-order valence-electron chi connectivity index (χ1n) is 3.31. The van der Waals surface area contributed by atoms with Gasteiger partial charge in [-0.25, -0.2) is 0 Å². The third-order valence-corrected chi connectivity index (χ3v) is 1.36. The molecule has 0 rings (SSSR count). The van der Waals surface area contributed by atoms with Crippen molar-refractivity contribution < 1.29 is 25.5 Å². The molecule has 1 radical (unpaired) electrons. The van der Waals surface area contributed by atoms with Gasteiger partial charge in [0.15, 0.2) is 0 Å². The van der Waals surface area contributed by atoms with Crippen LogP contribution in [-0.2, 0) is 0 Å². The molecular formula is C6H13O5. The van der Waals surface area contributed by atoms with E-state index < -0.39 is 18.2 Å². The second-order valence-corrected chi connectivity index (χ2v) is 2.35. The number of aliphatic hydroxyl groups is 5. The minimum Gasteiger partial charge on any atom is -0.387 e. The van der Waals surface area contributed by atoms with Crippen molar-refractivity contribution in [3.8, 4) is 0 Å². The Labute approximate surface area is 64.5 Å². The number of aliphatic hydroxyl groups excluding tert-OH is 2. The molecule has 0 bridgehead atoms. The van der Waals surface area contributed by atoms with Crippen LogP contribution in [0, 0.1) is 6.29 Å². The van der Waals surface area contributed by atoms with Crippen molar-refractivity contribution in [2.45, 2.75) is 31.7 Å². The normalized spacial score (nSPS) is 15.5. The maximum absolute atomic E-state index is 8.91. The molecule has 0 aromatic heterocycles. The van der Waals surface area contributed by atoms with Gasteiger partial charge in [0, 0.05) is 0 Å². The second kappa shape index (κ2) is 3.99. The van der Waals surface area contributed by atoms with Crippen LogP contribution in [0.3, 0.4) is 0 Å². The van der Waals surface area contributed by atoms with E-state index in [-0.39, 0.29) is 6.42 Å². The molecule has 5 nitrogen and oxygen atoms in total. The summed E-state index contributed by atoms with van der Waals surface area (Å²) in [6.07, 6.45) is -2.56. The van der Waals surface area contributed by atoms with E-state index in [2.05, 4.69) is 0 Å². The molecule has 5 N–H and O–H groups in total.